The molecule has 0 aliphatic rings. The van der Waals surface area contributed by atoms with E-state index >= 15 is 0 Å². The lowest BCUT2D eigenvalue weighted by Crippen LogP contribution is -2.18. The van der Waals surface area contributed by atoms with Gasteiger partial charge in [-0.15, -0.1) is 0 Å². The predicted molar refractivity (Wildman–Crippen MR) is 73.4 cm³/mol. The Balaban J connectivity index is 2.84. The van der Waals surface area contributed by atoms with E-state index in [1.165, 1.54) is 7.11 Å². The van der Waals surface area contributed by atoms with Crippen molar-refractivity contribution in [1.82, 2.24) is 4.98 Å². The van der Waals surface area contributed by atoms with Crippen molar-refractivity contribution in [3.8, 4) is 0 Å². The van der Waals surface area contributed by atoms with Gasteiger partial charge in [-0.25, -0.2) is 9.59 Å². The number of methoxy groups -OCH3 is 1. The number of carbonyl (C=O) groups excluding carboxylic acids is 3. The Bertz CT molecular complexity index is 546. The molecule has 7 nitrogen and oxygen atoms in total. The van der Waals surface area contributed by atoms with Crippen molar-refractivity contribution in [2.75, 3.05) is 26.9 Å². The van der Waals surface area contributed by atoms with Crippen LogP contribution in [0.15, 0.2) is 0 Å². The summed E-state index contributed by atoms with van der Waals surface area (Å²) in [7, 11) is 1.35. The van der Waals surface area contributed by atoms with E-state index in [1.54, 1.807) is 20.8 Å². The van der Waals surface area contributed by atoms with Gasteiger partial charge in [0.2, 0.25) is 5.78 Å². The van der Waals surface area contributed by atoms with Crippen molar-refractivity contribution in [2.24, 2.45) is 0 Å². The van der Waals surface area contributed by atoms with Gasteiger partial charge in [0, 0.05) is 12.8 Å². The minimum Gasteiger partial charge on any atom is -0.462 e. The molecule has 1 aromatic heterocycles. The fourth-order valence-electron chi connectivity index (χ4n) is 1.92. The molecule has 0 aliphatic heterocycles. The maximum atomic E-state index is 12.0. The summed E-state index contributed by atoms with van der Waals surface area (Å²) >= 11 is 0. The second-order valence-corrected chi connectivity index (χ2v) is 4.36. The maximum absolute atomic E-state index is 12.0. The molecule has 0 bridgehead atoms. The molecule has 0 saturated heterocycles. The molecule has 1 heterocycles. The minimum atomic E-state index is -0.627. The van der Waals surface area contributed by atoms with Crippen molar-refractivity contribution in [3.05, 3.63) is 22.5 Å². The molecule has 1 N–H and O–H groups in total. The molecule has 21 heavy (non-hydrogen) atoms. The summed E-state index contributed by atoms with van der Waals surface area (Å²) in [6, 6.07) is 0. The molecule has 0 aromatic carbocycles. The third-order valence-corrected chi connectivity index (χ3v) is 2.82. The Morgan fingerprint density at radius 3 is 2.33 bits per heavy atom. The smallest absolute Gasteiger partial charge is 0.340 e. The Kier molecular flexibility index (Phi) is 6.10. The van der Waals surface area contributed by atoms with Gasteiger partial charge in [-0.2, -0.15) is 0 Å². The highest BCUT2D eigenvalue weighted by molar-refractivity contribution is 6.02. The lowest BCUT2D eigenvalue weighted by atomic mass is 10.1. The van der Waals surface area contributed by atoms with Crippen molar-refractivity contribution < 1.29 is 28.6 Å². The standard InChI is InChI=1S/C14H19NO6/c1-5-20-14(18)12-8(2)13(15-9(12)3)10(16)6-21-11(17)7-19-4/h15H,5-7H2,1-4H3. The number of ether oxygens (including phenoxy) is 3. The van der Waals surface area contributed by atoms with E-state index in [9.17, 15) is 14.4 Å². The second-order valence-electron chi connectivity index (χ2n) is 4.36. The summed E-state index contributed by atoms with van der Waals surface area (Å²) in [5.41, 5.74) is 1.60. The molecule has 0 aliphatic carbocycles. The quantitative estimate of drug-likeness (QED) is 0.600. The fraction of sp³-hybridized carbons (Fsp3) is 0.500. The van der Waals surface area contributed by atoms with Gasteiger partial charge in [0.25, 0.3) is 0 Å². The summed E-state index contributed by atoms with van der Waals surface area (Å²) in [5, 5.41) is 0. The SMILES string of the molecule is CCOC(=O)c1c(C)[nH]c(C(=O)COC(=O)COC)c1C. The van der Waals surface area contributed by atoms with Crippen LogP contribution in [0.4, 0.5) is 0 Å². The van der Waals surface area contributed by atoms with Gasteiger partial charge in [0.05, 0.1) is 17.9 Å². The first-order valence-corrected chi connectivity index (χ1v) is 6.46. The number of hydrogen-bond acceptors (Lipinski definition) is 6. The first kappa shape index (κ1) is 16.9. The van der Waals surface area contributed by atoms with E-state index in [4.69, 9.17) is 9.47 Å². The van der Waals surface area contributed by atoms with Crippen molar-refractivity contribution in [3.63, 3.8) is 0 Å². The summed E-state index contributed by atoms with van der Waals surface area (Å²) < 4.78 is 14.3. The van der Waals surface area contributed by atoms with Crippen LogP contribution in [0.1, 0.15) is 39.0 Å². The molecular weight excluding hydrogens is 278 g/mol. The van der Waals surface area contributed by atoms with E-state index in [0.717, 1.165) is 0 Å². The average molecular weight is 297 g/mol. The summed E-state index contributed by atoms with van der Waals surface area (Å²) in [6.45, 7) is 4.64. The molecule has 0 fully saturated rings. The van der Waals surface area contributed by atoms with Crippen LogP contribution >= 0.6 is 0 Å². The first-order valence-electron chi connectivity index (χ1n) is 6.46. The molecule has 0 saturated carbocycles. The number of rotatable bonds is 7. The number of esters is 2. The number of ketones is 1. The number of Topliss-reactive ketones (excluding diaryl/α,β-unsaturated/α-hetero) is 1. The number of carbonyl (C=O) groups is 3. The highest BCUT2D eigenvalue weighted by Gasteiger charge is 2.23. The zero-order chi connectivity index (χ0) is 16.0. The molecule has 0 unspecified atom stereocenters. The minimum absolute atomic E-state index is 0.218. The Hall–Kier alpha value is -2.15. The Morgan fingerprint density at radius 2 is 1.76 bits per heavy atom. The number of nitrogens with one attached hydrogen (secondary N) is 1. The van der Waals surface area contributed by atoms with Crippen LogP contribution in [0.5, 0.6) is 0 Å². The second kappa shape index (κ2) is 7.58. The molecular formula is C14H19NO6. The van der Waals surface area contributed by atoms with Crippen molar-refractivity contribution in [1.29, 1.82) is 0 Å². The monoisotopic (exact) mass is 297 g/mol. The topological polar surface area (TPSA) is 94.7 Å². The molecule has 0 radical (unpaired) electrons. The van der Waals surface area contributed by atoms with Crippen molar-refractivity contribution >= 4 is 17.7 Å². The van der Waals surface area contributed by atoms with Gasteiger partial charge in [-0.05, 0) is 26.3 Å². The van der Waals surface area contributed by atoms with Crippen LogP contribution in [-0.4, -0.2) is 49.6 Å². The van der Waals surface area contributed by atoms with Gasteiger partial charge in [-0.3, -0.25) is 4.79 Å². The third-order valence-electron chi connectivity index (χ3n) is 2.82. The number of aromatic nitrogens is 1. The Labute approximate surface area is 122 Å². The number of hydrogen-bond donors (Lipinski definition) is 1. The summed E-state index contributed by atoms with van der Waals surface area (Å²) in [6.07, 6.45) is 0. The third kappa shape index (κ3) is 4.16. The van der Waals surface area contributed by atoms with E-state index in [2.05, 4.69) is 9.72 Å². The van der Waals surface area contributed by atoms with Crippen LogP contribution in [0, 0.1) is 13.8 Å². The van der Waals surface area contributed by atoms with Crippen molar-refractivity contribution in [2.45, 2.75) is 20.8 Å². The molecule has 0 atom stereocenters. The van der Waals surface area contributed by atoms with Gasteiger partial charge in [0.15, 0.2) is 6.61 Å². The fourth-order valence-corrected chi connectivity index (χ4v) is 1.92. The number of H-pyrrole nitrogens is 1. The molecule has 116 valence electrons. The van der Waals surface area contributed by atoms with Gasteiger partial charge in [-0.1, -0.05) is 0 Å². The largest absolute Gasteiger partial charge is 0.462 e. The van der Waals surface area contributed by atoms with Crippen LogP contribution in [0.25, 0.3) is 0 Å². The first-order chi connectivity index (χ1) is 9.92. The van der Waals surface area contributed by atoms with E-state index in [0.29, 0.717) is 16.8 Å². The van der Waals surface area contributed by atoms with Crippen LogP contribution in [-0.2, 0) is 19.0 Å². The zero-order valence-corrected chi connectivity index (χ0v) is 12.6. The normalized spacial score (nSPS) is 10.3. The molecule has 0 amide bonds. The highest BCUT2D eigenvalue weighted by Crippen LogP contribution is 2.19. The zero-order valence-electron chi connectivity index (χ0n) is 12.6. The maximum Gasteiger partial charge on any atom is 0.340 e. The van der Waals surface area contributed by atoms with E-state index in [-0.39, 0.29) is 18.9 Å². The van der Waals surface area contributed by atoms with E-state index < -0.39 is 24.3 Å². The van der Waals surface area contributed by atoms with Gasteiger partial charge in [0.1, 0.15) is 6.61 Å². The van der Waals surface area contributed by atoms with Crippen LogP contribution in [0.3, 0.4) is 0 Å². The lowest BCUT2D eigenvalue weighted by molar-refractivity contribution is -0.146. The predicted octanol–water partition coefficient (Wildman–Crippen LogP) is 1.18. The van der Waals surface area contributed by atoms with Crippen LogP contribution in [0.2, 0.25) is 0 Å². The van der Waals surface area contributed by atoms with Crippen LogP contribution < -0.4 is 0 Å². The average Bonchev–Trinajstić information content (AvgIpc) is 2.72. The summed E-state index contributed by atoms with van der Waals surface area (Å²) in [4.78, 5) is 37.8. The summed E-state index contributed by atoms with van der Waals surface area (Å²) in [5.74, 6) is -1.54. The number of aryl methyl sites for hydroxylation is 1. The lowest BCUT2D eigenvalue weighted by Gasteiger charge is -2.04. The van der Waals surface area contributed by atoms with Gasteiger partial charge < -0.3 is 19.2 Å². The molecule has 7 heteroatoms. The Morgan fingerprint density at radius 1 is 1.10 bits per heavy atom. The number of aromatic amines is 1. The van der Waals surface area contributed by atoms with Gasteiger partial charge >= 0.3 is 11.9 Å². The molecule has 1 aromatic rings. The highest BCUT2D eigenvalue weighted by atomic mass is 16.6. The molecule has 0 spiro atoms. The molecule has 1 rings (SSSR count). The van der Waals surface area contributed by atoms with E-state index in [1.807, 2.05) is 0 Å².